The number of phenolic OH excluding ortho intramolecular Hbond substituents is 1. The third-order valence-electron chi connectivity index (χ3n) is 1.92. The number of aryl methyl sites for hydroxylation is 1. The van der Waals surface area contributed by atoms with Gasteiger partial charge in [-0.2, -0.15) is 15.4 Å². The van der Waals surface area contributed by atoms with Crippen LogP contribution >= 0.6 is 0 Å². The second-order valence-corrected chi connectivity index (χ2v) is 2.86. The SMILES string of the molecule is Cc1ccc(-c2cn[nH]n2)cc1O. The zero-order valence-electron chi connectivity index (χ0n) is 7.15. The number of hydrogen-bond donors (Lipinski definition) is 2. The third kappa shape index (κ3) is 1.38. The summed E-state index contributed by atoms with van der Waals surface area (Å²) in [5, 5.41) is 19.6. The fraction of sp³-hybridized carbons (Fsp3) is 0.111. The molecule has 0 aliphatic rings. The van der Waals surface area contributed by atoms with Crippen molar-refractivity contribution in [3.8, 4) is 17.0 Å². The van der Waals surface area contributed by atoms with Gasteiger partial charge in [-0.1, -0.05) is 12.1 Å². The molecule has 0 fully saturated rings. The molecule has 66 valence electrons. The topological polar surface area (TPSA) is 61.8 Å². The molecule has 2 N–H and O–H groups in total. The van der Waals surface area contributed by atoms with Gasteiger partial charge < -0.3 is 5.11 Å². The Morgan fingerprint density at radius 2 is 2.23 bits per heavy atom. The predicted octanol–water partition coefficient (Wildman–Crippen LogP) is 1.49. The standard InChI is InChI=1S/C9H9N3O/c1-6-2-3-7(4-9(6)13)8-5-10-12-11-8/h2-5,13H,1H3,(H,10,11,12). The number of H-pyrrole nitrogens is 1. The first-order valence-corrected chi connectivity index (χ1v) is 3.93. The molecule has 0 bridgehead atoms. The Morgan fingerprint density at radius 1 is 1.38 bits per heavy atom. The first-order chi connectivity index (χ1) is 6.27. The summed E-state index contributed by atoms with van der Waals surface area (Å²) < 4.78 is 0. The molecular weight excluding hydrogens is 166 g/mol. The number of benzene rings is 1. The fourth-order valence-corrected chi connectivity index (χ4v) is 1.11. The summed E-state index contributed by atoms with van der Waals surface area (Å²) >= 11 is 0. The van der Waals surface area contributed by atoms with Gasteiger partial charge in [0, 0.05) is 5.56 Å². The van der Waals surface area contributed by atoms with Crippen molar-refractivity contribution in [1.82, 2.24) is 15.4 Å². The normalized spacial score (nSPS) is 10.2. The van der Waals surface area contributed by atoms with Gasteiger partial charge in [0.15, 0.2) is 0 Å². The summed E-state index contributed by atoms with van der Waals surface area (Å²) in [5.74, 6) is 0.278. The summed E-state index contributed by atoms with van der Waals surface area (Å²) in [6, 6.07) is 5.42. The second-order valence-electron chi connectivity index (χ2n) is 2.86. The lowest BCUT2D eigenvalue weighted by atomic mass is 10.1. The zero-order chi connectivity index (χ0) is 9.26. The highest BCUT2D eigenvalue weighted by molar-refractivity contribution is 5.60. The van der Waals surface area contributed by atoms with Crippen LogP contribution in [0.1, 0.15) is 5.56 Å². The average Bonchev–Trinajstić information content (AvgIpc) is 2.62. The molecule has 0 saturated heterocycles. The van der Waals surface area contributed by atoms with E-state index >= 15 is 0 Å². The number of nitrogens with one attached hydrogen (secondary N) is 1. The average molecular weight is 175 g/mol. The maximum Gasteiger partial charge on any atom is 0.119 e. The molecule has 1 heterocycles. The van der Waals surface area contributed by atoms with Gasteiger partial charge in [-0.3, -0.25) is 0 Å². The summed E-state index contributed by atoms with van der Waals surface area (Å²) in [5.41, 5.74) is 2.44. The van der Waals surface area contributed by atoms with Gasteiger partial charge in [0.1, 0.15) is 11.4 Å². The molecule has 0 aliphatic carbocycles. The van der Waals surface area contributed by atoms with Crippen molar-refractivity contribution in [3.63, 3.8) is 0 Å². The van der Waals surface area contributed by atoms with Crippen molar-refractivity contribution in [2.24, 2.45) is 0 Å². The van der Waals surface area contributed by atoms with E-state index in [4.69, 9.17) is 0 Å². The van der Waals surface area contributed by atoms with Crippen molar-refractivity contribution in [1.29, 1.82) is 0 Å². The van der Waals surface area contributed by atoms with Gasteiger partial charge in [-0.05, 0) is 18.6 Å². The van der Waals surface area contributed by atoms with Crippen molar-refractivity contribution >= 4 is 0 Å². The molecule has 0 unspecified atom stereocenters. The van der Waals surface area contributed by atoms with Crippen LogP contribution < -0.4 is 0 Å². The number of nitrogens with zero attached hydrogens (tertiary/aromatic N) is 2. The van der Waals surface area contributed by atoms with E-state index < -0.39 is 0 Å². The number of rotatable bonds is 1. The Labute approximate surface area is 75.2 Å². The molecule has 1 aromatic heterocycles. The van der Waals surface area contributed by atoms with Crippen LogP contribution in [0.25, 0.3) is 11.3 Å². The Bertz CT molecular complexity index is 409. The highest BCUT2D eigenvalue weighted by Crippen LogP contribution is 2.23. The lowest BCUT2D eigenvalue weighted by Crippen LogP contribution is -1.80. The van der Waals surface area contributed by atoms with E-state index in [-0.39, 0.29) is 5.75 Å². The Morgan fingerprint density at radius 3 is 2.85 bits per heavy atom. The van der Waals surface area contributed by atoms with Gasteiger partial charge >= 0.3 is 0 Å². The van der Waals surface area contributed by atoms with E-state index in [0.29, 0.717) is 0 Å². The fourth-order valence-electron chi connectivity index (χ4n) is 1.11. The molecule has 0 spiro atoms. The first-order valence-electron chi connectivity index (χ1n) is 3.93. The van der Waals surface area contributed by atoms with Crippen LogP contribution in [0, 0.1) is 6.92 Å². The Hall–Kier alpha value is -1.84. The predicted molar refractivity (Wildman–Crippen MR) is 48.2 cm³/mol. The van der Waals surface area contributed by atoms with Gasteiger partial charge in [-0.25, -0.2) is 0 Å². The van der Waals surface area contributed by atoms with Crippen LogP contribution in [0.5, 0.6) is 5.75 Å². The molecule has 0 atom stereocenters. The van der Waals surface area contributed by atoms with Crippen LogP contribution in [0.4, 0.5) is 0 Å². The minimum absolute atomic E-state index is 0.278. The summed E-state index contributed by atoms with van der Waals surface area (Å²) in [6.45, 7) is 1.85. The molecular formula is C9H9N3O. The first kappa shape index (κ1) is 7.79. The van der Waals surface area contributed by atoms with Crippen LogP contribution in [0.2, 0.25) is 0 Å². The second kappa shape index (κ2) is 2.90. The van der Waals surface area contributed by atoms with E-state index in [2.05, 4.69) is 15.4 Å². The highest BCUT2D eigenvalue weighted by atomic mass is 16.3. The largest absolute Gasteiger partial charge is 0.508 e. The number of aromatic nitrogens is 3. The molecule has 1 aromatic carbocycles. The Balaban J connectivity index is 2.49. The minimum Gasteiger partial charge on any atom is -0.508 e. The zero-order valence-corrected chi connectivity index (χ0v) is 7.15. The maximum absolute atomic E-state index is 9.44. The van der Waals surface area contributed by atoms with Gasteiger partial charge in [0.2, 0.25) is 0 Å². The van der Waals surface area contributed by atoms with Crippen LogP contribution in [0.3, 0.4) is 0 Å². The quantitative estimate of drug-likeness (QED) is 0.690. The van der Waals surface area contributed by atoms with E-state index in [9.17, 15) is 5.11 Å². The molecule has 0 amide bonds. The number of phenols is 1. The molecule has 2 aromatic rings. The number of hydrogen-bond acceptors (Lipinski definition) is 3. The molecule has 13 heavy (non-hydrogen) atoms. The minimum atomic E-state index is 0.278. The van der Waals surface area contributed by atoms with Crippen LogP contribution in [-0.2, 0) is 0 Å². The monoisotopic (exact) mass is 175 g/mol. The van der Waals surface area contributed by atoms with E-state index in [1.54, 1.807) is 12.3 Å². The molecule has 4 nitrogen and oxygen atoms in total. The van der Waals surface area contributed by atoms with Gasteiger partial charge in [0.25, 0.3) is 0 Å². The van der Waals surface area contributed by atoms with Gasteiger partial charge in [0.05, 0.1) is 6.20 Å². The van der Waals surface area contributed by atoms with E-state index in [0.717, 1.165) is 16.8 Å². The molecule has 4 heteroatoms. The van der Waals surface area contributed by atoms with Crippen LogP contribution in [0.15, 0.2) is 24.4 Å². The summed E-state index contributed by atoms with van der Waals surface area (Å²) in [4.78, 5) is 0. The van der Waals surface area contributed by atoms with Crippen molar-refractivity contribution in [2.45, 2.75) is 6.92 Å². The maximum atomic E-state index is 9.44. The van der Waals surface area contributed by atoms with Crippen LogP contribution in [-0.4, -0.2) is 20.5 Å². The number of aromatic amines is 1. The van der Waals surface area contributed by atoms with Gasteiger partial charge in [-0.15, -0.1) is 0 Å². The van der Waals surface area contributed by atoms with E-state index in [1.807, 2.05) is 19.1 Å². The summed E-state index contributed by atoms with van der Waals surface area (Å²) in [7, 11) is 0. The molecule has 2 rings (SSSR count). The lowest BCUT2D eigenvalue weighted by molar-refractivity contribution is 0.471. The molecule has 0 aliphatic heterocycles. The molecule has 0 radical (unpaired) electrons. The number of aromatic hydroxyl groups is 1. The molecule has 0 saturated carbocycles. The Kier molecular flexibility index (Phi) is 1.73. The lowest BCUT2D eigenvalue weighted by Gasteiger charge is -1.99. The van der Waals surface area contributed by atoms with Crippen molar-refractivity contribution in [3.05, 3.63) is 30.0 Å². The third-order valence-corrected chi connectivity index (χ3v) is 1.92. The highest BCUT2D eigenvalue weighted by Gasteiger charge is 2.02. The smallest absolute Gasteiger partial charge is 0.119 e. The van der Waals surface area contributed by atoms with Crippen molar-refractivity contribution in [2.75, 3.05) is 0 Å². The van der Waals surface area contributed by atoms with E-state index in [1.165, 1.54) is 0 Å². The summed E-state index contributed by atoms with van der Waals surface area (Å²) in [6.07, 6.45) is 1.62. The van der Waals surface area contributed by atoms with Crippen molar-refractivity contribution < 1.29 is 5.11 Å².